The molecular formula is C44H34N4O6S. The van der Waals surface area contributed by atoms with Crippen molar-refractivity contribution in [3.05, 3.63) is 154 Å². The van der Waals surface area contributed by atoms with Gasteiger partial charge >= 0.3 is 0 Å². The van der Waals surface area contributed by atoms with Gasteiger partial charge in [-0.2, -0.15) is 0 Å². The van der Waals surface area contributed by atoms with Gasteiger partial charge in [-0.1, -0.05) is 24.3 Å². The number of amides is 4. The van der Waals surface area contributed by atoms with Crippen LogP contribution in [0, 0.1) is 27.7 Å². The number of imide groups is 2. The molecule has 0 fully saturated rings. The summed E-state index contributed by atoms with van der Waals surface area (Å²) in [6.45, 7) is 7.11. The lowest BCUT2D eigenvalue weighted by molar-refractivity contribution is 0.0910. The van der Waals surface area contributed by atoms with Crippen LogP contribution in [0.5, 0.6) is 0 Å². The van der Waals surface area contributed by atoms with Gasteiger partial charge in [-0.05, 0) is 157 Å². The van der Waals surface area contributed by atoms with Gasteiger partial charge in [0.25, 0.3) is 23.6 Å². The molecule has 0 spiro atoms. The molecule has 0 saturated heterocycles. The molecule has 0 radical (unpaired) electrons. The van der Waals surface area contributed by atoms with E-state index in [0.717, 1.165) is 43.2 Å². The Balaban J connectivity index is 1.05. The zero-order chi connectivity index (χ0) is 39.1. The van der Waals surface area contributed by atoms with E-state index in [0.29, 0.717) is 22.5 Å². The second-order valence-corrected chi connectivity index (χ2v) is 15.9. The van der Waals surface area contributed by atoms with Gasteiger partial charge in [0.1, 0.15) is 0 Å². The third kappa shape index (κ3) is 5.59. The average Bonchev–Trinajstić information content (AvgIpc) is 3.54. The highest BCUT2D eigenvalue weighted by molar-refractivity contribution is 7.91. The normalized spacial score (nSPS) is 13.8. The number of rotatable bonds is 6. The van der Waals surface area contributed by atoms with Gasteiger partial charge in [-0.25, -0.2) is 18.2 Å². The number of benzene rings is 6. The van der Waals surface area contributed by atoms with Crippen molar-refractivity contribution in [2.75, 3.05) is 21.3 Å². The monoisotopic (exact) mass is 746 g/mol. The Morgan fingerprint density at radius 2 is 0.764 bits per heavy atom. The van der Waals surface area contributed by atoms with Crippen molar-refractivity contribution in [1.82, 2.24) is 0 Å². The molecule has 10 nitrogen and oxygen atoms in total. The van der Waals surface area contributed by atoms with Gasteiger partial charge in [0, 0.05) is 11.4 Å². The molecule has 0 atom stereocenters. The van der Waals surface area contributed by atoms with E-state index in [-0.39, 0.29) is 43.4 Å². The molecule has 272 valence electrons. The van der Waals surface area contributed by atoms with Crippen LogP contribution in [0.25, 0.3) is 22.3 Å². The number of aryl methyl sites for hydroxylation is 4. The predicted octanol–water partition coefficient (Wildman–Crippen LogP) is 7.85. The average molecular weight is 747 g/mol. The lowest BCUT2D eigenvalue weighted by Crippen LogP contribution is -2.30. The third-order valence-electron chi connectivity index (χ3n) is 10.3. The lowest BCUT2D eigenvalue weighted by Gasteiger charge is -2.19. The van der Waals surface area contributed by atoms with Crippen molar-refractivity contribution in [2.24, 2.45) is 0 Å². The fourth-order valence-corrected chi connectivity index (χ4v) is 8.93. The standard InChI is InChI=1S/C44H34N4O6S/c1-23-17-29(45)7-13-33(23)27-5-11-35-37(21-27)43(51)47(41(35)49)39-15-9-31(19-25(39)3)55(53,54)32-10-16-40(26(4)20-32)48-42(50)36-12-6-28(22-38(36)44(48)52)34-14-8-30(46)18-24(34)2/h5-22H,45-46H2,1-4H3. The van der Waals surface area contributed by atoms with Crippen LogP contribution in [0.15, 0.2) is 119 Å². The second kappa shape index (κ2) is 12.6. The first-order valence-electron chi connectivity index (χ1n) is 17.4. The molecule has 11 heteroatoms. The van der Waals surface area contributed by atoms with Crippen molar-refractivity contribution >= 4 is 56.2 Å². The van der Waals surface area contributed by atoms with Crippen LogP contribution in [0.2, 0.25) is 0 Å². The molecule has 0 saturated carbocycles. The lowest BCUT2D eigenvalue weighted by atomic mass is 9.96. The third-order valence-corrected chi connectivity index (χ3v) is 12.1. The number of nitrogens with two attached hydrogens (primary N) is 2. The van der Waals surface area contributed by atoms with Crippen LogP contribution in [0.3, 0.4) is 0 Å². The minimum atomic E-state index is -4.11. The van der Waals surface area contributed by atoms with Gasteiger partial charge < -0.3 is 11.5 Å². The molecule has 4 amide bonds. The van der Waals surface area contributed by atoms with E-state index in [9.17, 15) is 27.6 Å². The Morgan fingerprint density at radius 1 is 0.400 bits per heavy atom. The topological polar surface area (TPSA) is 161 Å². The number of nitrogen functional groups attached to an aromatic ring is 2. The summed E-state index contributed by atoms with van der Waals surface area (Å²) < 4.78 is 27.9. The second-order valence-electron chi connectivity index (χ2n) is 14.0. The zero-order valence-electron chi connectivity index (χ0n) is 30.3. The van der Waals surface area contributed by atoms with E-state index in [2.05, 4.69) is 0 Å². The summed E-state index contributed by atoms with van der Waals surface area (Å²) in [5.74, 6) is -2.03. The SMILES string of the molecule is Cc1cc(N)ccc1-c1ccc2c(c1)C(=O)N(c1ccc(S(=O)(=O)c3ccc(N4C(=O)c5ccc(-c6ccc(N)cc6C)cc5C4=O)c(C)c3)cc1C)C2=O. The number of hydrogen-bond donors (Lipinski definition) is 2. The summed E-state index contributed by atoms with van der Waals surface area (Å²) in [6.07, 6.45) is 0. The number of hydrogen-bond acceptors (Lipinski definition) is 8. The van der Waals surface area contributed by atoms with Gasteiger partial charge in [0.05, 0.1) is 43.4 Å². The van der Waals surface area contributed by atoms with Crippen LogP contribution in [0.1, 0.15) is 63.7 Å². The van der Waals surface area contributed by atoms with Crippen molar-refractivity contribution in [2.45, 2.75) is 37.5 Å². The molecule has 6 aromatic rings. The molecule has 6 aromatic carbocycles. The highest BCUT2D eigenvalue weighted by atomic mass is 32.2. The maximum Gasteiger partial charge on any atom is 0.266 e. The summed E-state index contributed by atoms with van der Waals surface area (Å²) in [5, 5.41) is 0. The van der Waals surface area contributed by atoms with E-state index in [1.165, 1.54) is 36.4 Å². The van der Waals surface area contributed by atoms with E-state index in [4.69, 9.17) is 11.5 Å². The van der Waals surface area contributed by atoms with Crippen molar-refractivity contribution in [1.29, 1.82) is 0 Å². The molecule has 0 unspecified atom stereocenters. The van der Waals surface area contributed by atoms with Crippen molar-refractivity contribution < 1.29 is 27.6 Å². The summed E-state index contributed by atoms with van der Waals surface area (Å²) in [4.78, 5) is 56.5. The Morgan fingerprint density at radius 3 is 1.13 bits per heavy atom. The number of fused-ring (bicyclic) bond motifs is 2. The molecule has 55 heavy (non-hydrogen) atoms. The largest absolute Gasteiger partial charge is 0.399 e. The number of carbonyl (C=O) groups excluding carboxylic acids is 4. The highest BCUT2D eigenvalue weighted by Crippen LogP contribution is 2.38. The van der Waals surface area contributed by atoms with Crippen LogP contribution in [-0.2, 0) is 9.84 Å². The Bertz CT molecular complexity index is 2660. The molecule has 0 bridgehead atoms. The van der Waals surface area contributed by atoms with Crippen molar-refractivity contribution in [3.63, 3.8) is 0 Å². The molecular weight excluding hydrogens is 713 g/mol. The minimum Gasteiger partial charge on any atom is -0.399 e. The van der Waals surface area contributed by atoms with E-state index < -0.39 is 33.5 Å². The van der Waals surface area contributed by atoms with Gasteiger partial charge in [0.15, 0.2) is 0 Å². The van der Waals surface area contributed by atoms with Gasteiger partial charge in [0.2, 0.25) is 9.84 Å². The quantitative estimate of drug-likeness (QED) is 0.129. The van der Waals surface area contributed by atoms with E-state index in [1.54, 1.807) is 62.4 Å². The summed E-state index contributed by atoms with van der Waals surface area (Å²) in [5.41, 5.74) is 20.6. The number of anilines is 4. The summed E-state index contributed by atoms with van der Waals surface area (Å²) in [6, 6.07) is 29.6. The maximum atomic E-state index is 13.9. The molecule has 2 aliphatic rings. The Labute approximate surface area is 317 Å². The highest BCUT2D eigenvalue weighted by Gasteiger charge is 2.39. The first-order valence-corrected chi connectivity index (χ1v) is 18.9. The maximum absolute atomic E-state index is 13.9. The predicted molar refractivity (Wildman–Crippen MR) is 212 cm³/mol. The summed E-state index contributed by atoms with van der Waals surface area (Å²) >= 11 is 0. The van der Waals surface area contributed by atoms with Gasteiger partial charge in [-0.3, -0.25) is 19.2 Å². The van der Waals surface area contributed by atoms with Crippen LogP contribution >= 0.6 is 0 Å². The fourth-order valence-electron chi connectivity index (χ4n) is 7.50. The van der Waals surface area contributed by atoms with Crippen molar-refractivity contribution in [3.8, 4) is 22.3 Å². The molecule has 4 N–H and O–H groups in total. The molecule has 0 aromatic heterocycles. The Kier molecular flexibility index (Phi) is 8.09. The van der Waals surface area contributed by atoms with Crippen LogP contribution < -0.4 is 21.3 Å². The Hall–Kier alpha value is -6.85. The number of nitrogens with zero attached hydrogens (tertiary/aromatic N) is 2. The molecule has 0 aliphatic carbocycles. The number of sulfone groups is 1. The first-order chi connectivity index (χ1) is 26.1. The fraction of sp³-hybridized carbons (Fsp3) is 0.0909. The zero-order valence-corrected chi connectivity index (χ0v) is 31.1. The molecule has 2 heterocycles. The molecule has 8 rings (SSSR count). The van der Waals surface area contributed by atoms with Crippen LogP contribution in [-0.4, -0.2) is 32.0 Å². The van der Waals surface area contributed by atoms with E-state index >= 15 is 0 Å². The first kappa shape index (κ1) is 35.2. The minimum absolute atomic E-state index is 0.0511. The smallest absolute Gasteiger partial charge is 0.266 e. The summed E-state index contributed by atoms with van der Waals surface area (Å²) in [7, 11) is -4.11. The number of carbonyl (C=O) groups is 4. The van der Waals surface area contributed by atoms with Gasteiger partial charge in [-0.15, -0.1) is 0 Å². The van der Waals surface area contributed by atoms with Crippen LogP contribution in [0.4, 0.5) is 22.7 Å². The van der Waals surface area contributed by atoms with E-state index in [1.807, 2.05) is 38.1 Å². The molecule has 2 aliphatic heterocycles.